The SMILES string of the molecule is CN(Cc1cccc(C#N)c1)C(=O)CC(O)c1cccc(F)c1. The lowest BCUT2D eigenvalue weighted by Gasteiger charge is -2.19. The topological polar surface area (TPSA) is 64.3 Å². The Balaban J connectivity index is 1.98. The molecular weight excluding hydrogens is 295 g/mol. The van der Waals surface area contributed by atoms with Gasteiger partial charge in [0.2, 0.25) is 5.91 Å². The van der Waals surface area contributed by atoms with Crippen molar-refractivity contribution in [2.75, 3.05) is 7.05 Å². The number of hydrogen-bond donors (Lipinski definition) is 1. The zero-order valence-electron chi connectivity index (χ0n) is 12.7. The summed E-state index contributed by atoms with van der Waals surface area (Å²) in [4.78, 5) is 13.6. The smallest absolute Gasteiger partial charge is 0.225 e. The van der Waals surface area contributed by atoms with Gasteiger partial charge in [0.25, 0.3) is 0 Å². The maximum Gasteiger partial charge on any atom is 0.225 e. The van der Waals surface area contributed by atoms with E-state index in [-0.39, 0.29) is 12.3 Å². The van der Waals surface area contributed by atoms with Gasteiger partial charge in [-0.2, -0.15) is 5.26 Å². The number of aliphatic hydroxyl groups excluding tert-OH is 1. The number of rotatable bonds is 5. The van der Waals surface area contributed by atoms with Gasteiger partial charge in [-0.3, -0.25) is 4.79 Å². The summed E-state index contributed by atoms with van der Waals surface area (Å²) in [5, 5.41) is 18.9. The summed E-state index contributed by atoms with van der Waals surface area (Å²) in [6.07, 6.45) is -1.18. The molecule has 5 heteroatoms. The van der Waals surface area contributed by atoms with E-state index in [0.29, 0.717) is 17.7 Å². The minimum Gasteiger partial charge on any atom is -0.388 e. The van der Waals surface area contributed by atoms with Crippen LogP contribution in [0, 0.1) is 17.1 Å². The molecule has 0 aromatic heterocycles. The van der Waals surface area contributed by atoms with Gasteiger partial charge in [0.1, 0.15) is 5.82 Å². The average Bonchev–Trinajstić information content (AvgIpc) is 2.54. The Morgan fingerprint density at radius 2 is 2.04 bits per heavy atom. The fourth-order valence-electron chi connectivity index (χ4n) is 2.25. The Kier molecular flexibility index (Phi) is 5.45. The van der Waals surface area contributed by atoms with Crippen molar-refractivity contribution in [1.29, 1.82) is 5.26 Å². The van der Waals surface area contributed by atoms with Crippen LogP contribution in [0.5, 0.6) is 0 Å². The van der Waals surface area contributed by atoms with Crippen LogP contribution in [0.4, 0.5) is 4.39 Å². The van der Waals surface area contributed by atoms with E-state index in [0.717, 1.165) is 5.56 Å². The summed E-state index contributed by atoms with van der Waals surface area (Å²) in [6, 6.07) is 14.6. The number of carbonyl (C=O) groups excluding carboxylic acids is 1. The summed E-state index contributed by atoms with van der Waals surface area (Å²) in [7, 11) is 1.62. The molecule has 0 spiro atoms. The number of carbonyl (C=O) groups is 1. The quantitative estimate of drug-likeness (QED) is 0.923. The molecule has 1 amide bonds. The molecule has 0 heterocycles. The van der Waals surface area contributed by atoms with Crippen LogP contribution in [0.3, 0.4) is 0 Å². The number of halogens is 1. The Morgan fingerprint density at radius 1 is 1.30 bits per heavy atom. The molecule has 2 aromatic rings. The minimum atomic E-state index is -1.05. The first-order valence-corrected chi connectivity index (χ1v) is 7.16. The predicted octanol–water partition coefficient (Wildman–Crippen LogP) is 2.78. The molecule has 0 fully saturated rings. The molecule has 2 aromatic carbocycles. The van der Waals surface area contributed by atoms with Crippen LogP contribution >= 0.6 is 0 Å². The van der Waals surface area contributed by atoms with E-state index in [1.807, 2.05) is 12.1 Å². The van der Waals surface area contributed by atoms with E-state index in [9.17, 15) is 14.3 Å². The first kappa shape index (κ1) is 16.7. The van der Waals surface area contributed by atoms with Gasteiger partial charge in [0.15, 0.2) is 0 Å². The number of aliphatic hydroxyl groups is 1. The molecule has 0 aliphatic heterocycles. The molecule has 4 nitrogen and oxygen atoms in total. The normalized spacial score (nSPS) is 11.6. The Hall–Kier alpha value is -2.71. The molecule has 0 radical (unpaired) electrons. The molecule has 0 bridgehead atoms. The summed E-state index contributed by atoms with van der Waals surface area (Å²) in [6.45, 7) is 0.338. The van der Waals surface area contributed by atoms with Crippen LogP contribution < -0.4 is 0 Å². The van der Waals surface area contributed by atoms with E-state index in [4.69, 9.17) is 5.26 Å². The molecule has 1 atom stereocenters. The predicted molar refractivity (Wildman–Crippen MR) is 83.6 cm³/mol. The summed E-state index contributed by atoms with van der Waals surface area (Å²) >= 11 is 0. The highest BCUT2D eigenvalue weighted by Gasteiger charge is 2.17. The summed E-state index contributed by atoms with van der Waals surface area (Å²) < 4.78 is 13.1. The second-order valence-electron chi connectivity index (χ2n) is 5.34. The molecular formula is C18H17FN2O2. The Labute approximate surface area is 134 Å². The number of nitrogens with zero attached hydrogens (tertiary/aromatic N) is 2. The van der Waals surface area contributed by atoms with Gasteiger partial charge in [-0.1, -0.05) is 24.3 Å². The van der Waals surface area contributed by atoms with Gasteiger partial charge in [0.05, 0.1) is 24.2 Å². The zero-order valence-corrected chi connectivity index (χ0v) is 12.7. The van der Waals surface area contributed by atoms with E-state index >= 15 is 0 Å². The van der Waals surface area contributed by atoms with E-state index in [1.165, 1.54) is 23.1 Å². The van der Waals surface area contributed by atoms with Gasteiger partial charge in [0, 0.05) is 13.6 Å². The minimum absolute atomic E-state index is 0.127. The lowest BCUT2D eigenvalue weighted by Crippen LogP contribution is -2.27. The van der Waals surface area contributed by atoms with Crippen LogP contribution in [-0.4, -0.2) is 23.0 Å². The van der Waals surface area contributed by atoms with Crippen molar-refractivity contribution in [3.05, 3.63) is 71.0 Å². The molecule has 0 saturated heterocycles. The molecule has 1 unspecified atom stereocenters. The van der Waals surface area contributed by atoms with Gasteiger partial charge in [-0.15, -0.1) is 0 Å². The molecule has 1 N–H and O–H groups in total. The number of amides is 1. The molecule has 0 saturated carbocycles. The monoisotopic (exact) mass is 312 g/mol. The Morgan fingerprint density at radius 3 is 2.74 bits per heavy atom. The van der Waals surface area contributed by atoms with Crippen LogP contribution in [0.2, 0.25) is 0 Å². The van der Waals surface area contributed by atoms with Crippen molar-refractivity contribution in [1.82, 2.24) is 4.90 Å². The summed E-state index contributed by atoms with van der Waals surface area (Å²) in [5.41, 5.74) is 1.74. The van der Waals surface area contributed by atoms with Crippen molar-refractivity contribution in [2.24, 2.45) is 0 Å². The zero-order chi connectivity index (χ0) is 16.8. The van der Waals surface area contributed by atoms with Crippen molar-refractivity contribution in [2.45, 2.75) is 19.1 Å². The number of hydrogen-bond acceptors (Lipinski definition) is 3. The highest BCUT2D eigenvalue weighted by atomic mass is 19.1. The van der Waals surface area contributed by atoms with Crippen LogP contribution in [0.15, 0.2) is 48.5 Å². The number of nitriles is 1. The molecule has 0 aliphatic carbocycles. The van der Waals surface area contributed by atoms with Gasteiger partial charge in [-0.05, 0) is 35.4 Å². The highest BCUT2D eigenvalue weighted by molar-refractivity contribution is 5.76. The van der Waals surface area contributed by atoms with Crippen LogP contribution in [-0.2, 0) is 11.3 Å². The maximum absolute atomic E-state index is 13.1. The maximum atomic E-state index is 13.1. The lowest BCUT2D eigenvalue weighted by molar-refractivity contribution is -0.132. The second-order valence-corrected chi connectivity index (χ2v) is 5.34. The highest BCUT2D eigenvalue weighted by Crippen LogP contribution is 2.19. The van der Waals surface area contributed by atoms with Crippen LogP contribution in [0.25, 0.3) is 0 Å². The van der Waals surface area contributed by atoms with Crippen molar-refractivity contribution < 1.29 is 14.3 Å². The lowest BCUT2D eigenvalue weighted by atomic mass is 10.1. The third-order valence-corrected chi connectivity index (χ3v) is 3.50. The average molecular weight is 312 g/mol. The Bertz CT molecular complexity index is 740. The van der Waals surface area contributed by atoms with Crippen molar-refractivity contribution in [3.63, 3.8) is 0 Å². The van der Waals surface area contributed by atoms with Gasteiger partial charge < -0.3 is 10.0 Å². The number of benzene rings is 2. The van der Waals surface area contributed by atoms with Crippen molar-refractivity contribution in [3.8, 4) is 6.07 Å². The third kappa shape index (κ3) is 4.63. The van der Waals surface area contributed by atoms with Crippen LogP contribution in [0.1, 0.15) is 29.2 Å². The van der Waals surface area contributed by atoms with Gasteiger partial charge >= 0.3 is 0 Å². The fraction of sp³-hybridized carbons (Fsp3) is 0.222. The van der Waals surface area contributed by atoms with Crippen molar-refractivity contribution >= 4 is 5.91 Å². The first-order chi connectivity index (χ1) is 11.0. The molecule has 0 aliphatic rings. The second kappa shape index (κ2) is 7.52. The standard InChI is InChI=1S/C18H17FN2O2/c1-21(12-14-5-2-4-13(8-14)11-20)18(23)10-17(22)15-6-3-7-16(19)9-15/h2-9,17,22H,10,12H2,1H3. The van der Waals surface area contributed by atoms with Gasteiger partial charge in [-0.25, -0.2) is 4.39 Å². The fourth-order valence-corrected chi connectivity index (χ4v) is 2.25. The largest absolute Gasteiger partial charge is 0.388 e. The van der Waals surface area contributed by atoms with E-state index < -0.39 is 11.9 Å². The molecule has 118 valence electrons. The third-order valence-electron chi connectivity index (χ3n) is 3.50. The first-order valence-electron chi connectivity index (χ1n) is 7.16. The molecule has 2 rings (SSSR count). The molecule has 23 heavy (non-hydrogen) atoms. The van der Waals surface area contributed by atoms with E-state index in [2.05, 4.69) is 0 Å². The van der Waals surface area contributed by atoms with E-state index in [1.54, 1.807) is 31.3 Å². The summed E-state index contributed by atoms with van der Waals surface area (Å²) in [5.74, 6) is -0.709.